The van der Waals surface area contributed by atoms with E-state index in [1.165, 1.54) is 24.1 Å². The van der Waals surface area contributed by atoms with Gasteiger partial charge in [0.15, 0.2) is 0 Å². The molecule has 0 saturated heterocycles. The largest absolute Gasteiger partial charge is 0.357 e. The van der Waals surface area contributed by atoms with Gasteiger partial charge in [0.2, 0.25) is 11.8 Å². The number of halogens is 2. The predicted molar refractivity (Wildman–Crippen MR) is 105 cm³/mol. The van der Waals surface area contributed by atoms with E-state index in [1.54, 1.807) is 6.07 Å². The molecule has 0 fully saturated rings. The standard InChI is InChI=1S/C21H24ClFN2O2/c1-4-19(21(27)24-3)25(13-15-9-6-5-8-14(15)2)20(26)12-16-17(22)10-7-11-18(16)23/h5-11,19H,4,12-13H2,1-3H3,(H,24,27)/t19-/m0/s1. The number of carbonyl (C=O) groups is 2. The van der Waals surface area contributed by atoms with Crippen LogP contribution < -0.4 is 5.32 Å². The highest BCUT2D eigenvalue weighted by Crippen LogP contribution is 2.22. The van der Waals surface area contributed by atoms with Gasteiger partial charge in [-0.05, 0) is 36.6 Å². The van der Waals surface area contributed by atoms with Crippen LogP contribution in [0.15, 0.2) is 42.5 Å². The summed E-state index contributed by atoms with van der Waals surface area (Å²) in [5, 5.41) is 2.81. The molecular weight excluding hydrogens is 367 g/mol. The van der Waals surface area contributed by atoms with Gasteiger partial charge in [-0.3, -0.25) is 9.59 Å². The fourth-order valence-corrected chi connectivity index (χ4v) is 3.24. The van der Waals surface area contributed by atoms with Crippen molar-refractivity contribution in [3.8, 4) is 0 Å². The lowest BCUT2D eigenvalue weighted by atomic mass is 10.0. The summed E-state index contributed by atoms with van der Waals surface area (Å²) >= 11 is 6.08. The molecule has 2 aromatic carbocycles. The summed E-state index contributed by atoms with van der Waals surface area (Å²) in [6.45, 7) is 4.06. The SMILES string of the molecule is CC[C@@H](C(=O)NC)N(Cc1ccccc1C)C(=O)Cc1c(F)cccc1Cl. The maximum absolute atomic E-state index is 14.1. The van der Waals surface area contributed by atoms with Gasteiger partial charge in [-0.2, -0.15) is 0 Å². The highest BCUT2D eigenvalue weighted by atomic mass is 35.5. The van der Waals surface area contributed by atoms with Crippen molar-refractivity contribution in [3.05, 3.63) is 70.0 Å². The lowest BCUT2D eigenvalue weighted by Crippen LogP contribution is -2.48. The van der Waals surface area contributed by atoms with Crippen LogP contribution >= 0.6 is 11.6 Å². The monoisotopic (exact) mass is 390 g/mol. The molecule has 1 atom stereocenters. The molecule has 0 bridgehead atoms. The second-order valence-electron chi connectivity index (χ2n) is 6.36. The minimum atomic E-state index is -0.646. The zero-order valence-corrected chi connectivity index (χ0v) is 16.5. The number of hydrogen-bond donors (Lipinski definition) is 1. The first-order valence-corrected chi connectivity index (χ1v) is 9.25. The summed E-state index contributed by atoms with van der Waals surface area (Å²) in [6.07, 6.45) is 0.243. The molecule has 0 unspecified atom stereocenters. The van der Waals surface area contributed by atoms with Crippen molar-refractivity contribution in [2.75, 3.05) is 7.05 Å². The number of amides is 2. The molecule has 0 aliphatic rings. The summed E-state index contributed by atoms with van der Waals surface area (Å²) in [7, 11) is 1.54. The van der Waals surface area contributed by atoms with Crippen LogP contribution in [0.1, 0.15) is 30.0 Å². The predicted octanol–water partition coefficient (Wildman–Crippen LogP) is 3.88. The molecule has 0 aliphatic heterocycles. The number of benzene rings is 2. The minimum Gasteiger partial charge on any atom is -0.357 e. The third-order valence-corrected chi connectivity index (χ3v) is 4.98. The first-order valence-electron chi connectivity index (χ1n) is 8.87. The number of aryl methyl sites for hydroxylation is 1. The van der Waals surface area contributed by atoms with Crippen molar-refractivity contribution in [1.82, 2.24) is 10.2 Å². The maximum atomic E-state index is 14.1. The number of carbonyl (C=O) groups excluding carboxylic acids is 2. The number of nitrogens with zero attached hydrogens (tertiary/aromatic N) is 1. The van der Waals surface area contributed by atoms with Gasteiger partial charge in [0.1, 0.15) is 11.9 Å². The number of nitrogens with one attached hydrogen (secondary N) is 1. The Morgan fingerprint density at radius 3 is 2.48 bits per heavy atom. The Morgan fingerprint density at radius 1 is 1.19 bits per heavy atom. The first-order chi connectivity index (χ1) is 12.9. The Balaban J connectivity index is 2.37. The van der Waals surface area contributed by atoms with Crippen molar-refractivity contribution in [2.24, 2.45) is 0 Å². The molecule has 144 valence electrons. The molecule has 2 aromatic rings. The molecule has 2 rings (SSSR count). The van der Waals surface area contributed by atoms with Crippen LogP contribution in [0.25, 0.3) is 0 Å². The van der Waals surface area contributed by atoms with Crippen LogP contribution in [-0.4, -0.2) is 29.8 Å². The molecule has 6 heteroatoms. The molecule has 2 amide bonds. The maximum Gasteiger partial charge on any atom is 0.242 e. The topological polar surface area (TPSA) is 49.4 Å². The van der Waals surface area contributed by atoms with Gasteiger partial charge in [-0.25, -0.2) is 4.39 Å². The fourth-order valence-electron chi connectivity index (χ4n) is 3.01. The van der Waals surface area contributed by atoms with Crippen molar-refractivity contribution in [3.63, 3.8) is 0 Å². The van der Waals surface area contributed by atoms with Gasteiger partial charge < -0.3 is 10.2 Å². The molecule has 1 N–H and O–H groups in total. The Morgan fingerprint density at radius 2 is 1.89 bits per heavy atom. The van der Waals surface area contributed by atoms with E-state index < -0.39 is 11.9 Å². The van der Waals surface area contributed by atoms with E-state index in [2.05, 4.69) is 5.32 Å². The van der Waals surface area contributed by atoms with E-state index in [4.69, 9.17) is 11.6 Å². The Labute approximate surface area is 164 Å². The highest BCUT2D eigenvalue weighted by Gasteiger charge is 2.29. The van der Waals surface area contributed by atoms with E-state index in [1.807, 2.05) is 38.1 Å². The second-order valence-corrected chi connectivity index (χ2v) is 6.77. The minimum absolute atomic E-state index is 0.144. The van der Waals surface area contributed by atoms with E-state index in [0.717, 1.165) is 11.1 Å². The third-order valence-electron chi connectivity index (χ3n) is 4.62. The average molecular weight is 391 g/mol. The Kier molecular flexibility index (Phi) is 7.36. The Hall–Kier alpha value is -2.40. The summed E-state index contributed by atoms with van der Waals surface area (Å²) in [4.78, 5) is 26.9. The van der Waals surface area contributed by atoms with Gasteiger partial charge in [-0.1, -0.05) is 48.9 Å². The van der Waals surface area contributed by atoms with Crippen LogP contribution in [-0.2, 0) is 22.6 Å². The van der Waals surface area contributed by atoms with Gasteiger partial charge in [-0.15, -0.1) is 0 Å². The molecule has 27 heavy (non-hydrogen) atoms. The second kappa shape index (κ2) is 9.51. The summed E-state index contributed by atoms with van der Waals surface area (Å²) < 4.78 is 14.1. The quantitative estimate of drug-likeness (QED) is 0.779. The van der Waals surface area contributed by atoms with Crippen LogP contribution in [0.3, 0.4) is 0 Å². The van der Waals surface area contributed by atoms with Crippen LogP contribution in [0.5, 0.6) is 0 Å². The first kappa shape index (κ1) is 20.9. The van der Waals surface area contributed by atoms with Crippen molar-refractivity contribution < 1.29 is 14.0 Å². The van der Waals surface area contributed by atoms with Crippen LogP contribution in [0.4, 0.5) is 4.39 Å². The van der Waals surface area contributed by atoms with Crippen LogP contribution in [0.2, 0.25) is 5.02 Å². The van der Waals surface area contributed by atoms with Crippen molar-refractivity contribution >= 4 is 23.4 Å². The normalized spacial score (nSPS) is 11.7. The van der Waals surface area contributed by atoms with Gasteiger partial charge >= 0.3 is 0 Å². The number of rotatable bonds is 7. The van der Waals surface area contributed by atoms with Gasteiger partial charge in [0.05, 0.1) is 6.42 Å². The van der Waals surface area contributed by atoms with E-state index in [0.29, 0.717) is 6.42 Å². The lowest BCUT2D eigenvalue weighted by molar-refractivity contribution is -0.140. The lowest BCUT2D eigenvalue weighted by Gasteiger charge is -2.31. The highest BCUT2D eigenvalue weighted by molar-refractivity contribution is 6.31. The van der Waals surface area contributed by atoms with E-state index >= 15 is 0 Å². The molecule has 0 heterocycles. The molecule has 0 aliphatic carbocycles. The van der Waals surface area contributed by atoms with Crippen molar-refractivity contribution in [2.45, 2.75) is 39.3 Å². The average Bonchev–Trinajstić information content (AvgIpc) is 2.65. The Bertz CT molecular complexity index is 805. The number of likely N-dealkylation sites (N-methyl/N-ethyl adjacent to an activating group) is 1. The third kappa shape index (κ3) is 5.07. The van der Waals surface area contributed by atoms with E-state index in [9.17, 15) is 14.0 Å². The molecule has 0 saturated carbocycles. The van der Waals surface area contributed by atoms with E-state index in [-0.39, 0.29) is 35.4 Å². The van der Waals surface area contributed by atoms with Gasteiger partial charge in [0.25, 0.3) is 0 Å². The molecule has 0 aromatic heterocycles. The zero-order chi connectivity index (χ0) is 20.0. The smallest absolute Gasteiger partial charge is 0.242 e. The summed E-state index contributed by atoms with van der Waals surface area (Å²) in [5.74, 6) is -1.13. The molecule has 0 radical (unpaired) electrons. The van der Waals surface area contributed by atoms with Crippen molar-refractivity contribution in [1.29, 1.82) is 0 Å². The summed E-state index contributed by atoms with van der Waals surface area (Å²) in [5.41, 5.74) is 2.10. The number of hydrogen-bond acceptors (Lipinski definition) is 2. The molecular formula is C21H24ClFN2O2. The van der Waals surface area contributed by atoms with Crippen LogP contribution in [0, 0.1) is 12.7 Å². The molecule has 0 spiro atoms. The van der Waals surface area contributed by atoms with Gasteiger partial charge in [0, 0.05) is 24.2 Å². The summed E-state index contributed by atoms with van der Waals surface area (Å²) in [6, 6.07) is 11.4. The zero-order valence-electron chi connectivity index (χ0n) is 15.8. The molecule has 4 nitrogen and oxygen atoms in total. The fraction of sp³-hybridized carbons (Fsp3) is 0.333.